The molecule has 0 unspecified atom stereocenters. The van der Waals surface area contributed by atoms with Crippen molar-refractivity contribution < 1.29 is 33.1 Å². The van der Waals surface area contributed by atoms with E-state index < -0.39 is 52.6 Å². The number of aromatic hydroxyl groups is 1. The summed E-state index contributed by atoms with van der Waals surface area (Å²) in [5.74, 6) is -5.23. The summed E-state index contributed by atoms with van der Waals surface area (Å²) < 4.78 is 20.1. The molecule has 0 spiro atoms. The largest absolute Gasteiger partial charge is 0.508 e. The number of rotatable bonds is 4. The zero-order chi connectivity index (χ0) is 36.2. The molecule has 6 atom stereocenters. The van der Waals surface area contributed by atoms with Crippen molar-refractivity contribution in [1.29, 1.82) is 0 Å². The van der Waals surface area contributed by atoms with Gasteiger partial charge >= 0.3 is 0 Å². The zero-order valence-corrected chi connectivity index (χ0v) is 28.8. The SMILES string of the molecule is Cc1cc([C@H]2C3=CC[C@@H]4C(=O)N(c5ccc(-c6nc7ccccc7o6)cc5)C(=O)[C@@H]4[C@@H]3C[C@H]3C(=O)N(c4ccc(F)c(Cl)c4)C(=O)[C@@]23C)ccc1O. The summed E-state index contributed by atoms with van der Waals surface area (Å²) in [4.78, 5) is 64.4. The number of nitrogens with zero attached hydrogens (tertiary/aromatic N) is 3. The van der Waals surface area contributed by atoms with Crippen LogP contribution >= 0.6 is 11.6 Å². The smallest absolute Gasteiger partial charge is 0.241 e. The molecule has 2 saturated heterocycles. The summed E-state index contributed by atoms with van der Waals surface area (Å²) in [6.45, 7) is 3.52. The number of phenols is 1. The van der Waals surface area contributed by atoms with Crippen molar-refractivity contribution in [2.75, 3.05) is 9.80 Å². The van der Waals surface area contributed by atoms with Gasteiger partial charge in [0, 0.05) is 11.5 Å². The fourth-order valence-corrected chi connectivity index (χ4v) is 9.30. The van der Waals surface area contributed by atoms with Crippen LogP contribution in [0.2, 0.25) is 5.02 Å². The first kappa shape index (κ1) is 32.3. The van der Waals surface area contributed by atoms with Gasteiger partial charge in [-0.2, -0.15) is 0 Å². The average Bonchev–Trinajstić information content (AvgIpc) is 3.74. The van der Waals surface area contributed by atoms with E-state index in [9.17, 15) is 28.7 Å². The average molecular weight is 716 g/mol. The van der Waals surface area contributed by atoms with E-state index in [4.69, 9.17) is 16.0 Å². The molecule has 3 fully saturated rings. The molecular formula is C41H31ClFN3O6. The Bertz CT molecular complexity index is 2390. The number of carbonyl (C=O) groups excluding carboxylic acids is 4. The van der Waals surface area contributed by atoms with Crippen LogP contribution in [0.5, 0.6) is 5.75 Å². The monoisotopic (exact) mass is 715 g/mol. The van der Waals surface area contributed by atoms with Gasteiger partial charge in [-0.05, 0) is 104 Å². The van der Waals surface area contributed by atoms with E-state index in [-0.39, 0.29) is 41.1 Å². The number of hydrogen-bond acceptors (Lipinski definition) is 7. The number of allylic oxidation sites excluding steroid dienone is 2. The molecule has 3 heterocycles. The van der Waals surface area contributed by atoms with Crippen LogP contribution in [-0.2, 0) is 19.2 Å². The number of aromatic nitrogens is 1. The molecule has 1 aromatic heterocycles. The lowest BCUT2D eigenvalue weighted by Crippen LogP contribution is -2.48. The minimum Gasteiger partial charge on any atom is -0.508 e. The molecule has 2 aliphatic heterocycles. The summed E-state index contributed by atoms with van der Waals surface area (Å²) in [5.41, 5.74) is 3.46. The van der Waals surface area contributed by atoms with Crippen LogP contribution in [0.3, 0.4) is 0 Å². The Morgan fingerprint density at radius 1 is 0.885 bits per heavy atom. The molecule has 4 aromatic carbocycles. The molecule has 11 heteroatoms. The first-order chi connectivity index (χ1) is 25.0. The van der Waals surface area contributed by atoms with E-state index in [0.29, 0.717) is 33.9 Å². The van der Waals surface area contributed by atoms with Crippen molar-refractivity contribution >= 4 is 57.7 Å². The number of imide groups is 2. The van der Waals surface area contributed by atoms with Crippen LogP contribution in [0.4, 0.5) is 15.8 Å². The Morgan fingerprint density at radius 2 is 1.63 bits per heavy atom. The molecule has 1 saturated carbocycles. The number of fused-ring (bicyclic) bond motifs is 5. The third-order valence-electron chi connectivity index (χ3n) is 11.7. The number of benzene rings is 4. The van der Waals surface area contributed by atoms with Crippen LogP contribution in [0.15, 0.2) is 101 Å². The van der Waals surface area contributed by atoms with Gasteiger partial charge in [0.05, 0.1) is 39.6 Å². The molecular weight excluding hydrogens is 685 g/mol. The van der Waals surface area contributed by atoms with Gasteiger partial charge in [0.15, 0.2) is 5.58 Å². The highest BCUT2D eigenvalue weighted by atomic mass is 35.5. The molecule has 0 bridgehead atoms. The van der Waals surface area contributed by atoms with E-state index in [2.05, 4.69) is 4.98 Å². The number of carbonyl (C=O) groups is 4. The molecule has 1 N–H and O–H groups in total. The van der Waals surface area contributed by atoms with E-state index in [1.54, 1.807) is 56.3 Å². The maximum atomic E-state index is 14.6. The highest BCUT2D eigenvalue weighted by Gasteiger charge is 2.67. The number of oxazole rings is 1. The van der Waals surface area contributed by atoms with Gasteiger partial charge in [-0.25, -0.2) is 14.3 Å². The van der Waals surface area contributed by atoms with E-state index in [1.165, 1.54) is 17.0 Å². The van der Waals surface area contributed by atoms with Gasteiger partial charge in [-0.1, -0.05) is 47.5 Å². The summed E-state index contributed by atoms with van der Waals surface area (Å²) >= 11 is 6.10. The lowest BCUT2D eigenvalue weighted by atomic mass is 9.51. The second-order valence-corrected chi connectivity index (χ2v) is 14.8. The fourth-order valence-electron chi connectivity index (χ4n) is 9.13. The number of anilines is 2. The Kier molecular flexibility index (Phi) is 7.11. The van der Waals surface area contributed by atoms with Crippen LogP contribution in [0, 0.1) is 41.8 Å². The minimum absolute atomic E-state index is 0.0845. The molecule has 4 aliphatic rings. The van der Waals surface area contributed by atoms with Crippen molar-refractivity contribution in [1.82, 2.24) is 4.98 Å². The van der Waals surface area contributed by atoms with Crippen LogP contribution in [-0.4, -0.2) is 33.7 Å². The van der Waals surface area contributed by atoms with Crippen molar-refractivity contribution in [3.8, 4) is 17.2 Å². The third-order valence-corrected chi connectivity index (χ3v) is 11.9. The predicted octanol–water partition coefficient (Wildman–Crippen LogP) is 7.74. The van der Waals surface area contributed by atoms with Crippen LogP contribution in [0.25, 0.3) is 22.6 Å². The van der Waals surface area contributed by atoms with E-state index in [1.807, 2.05) is 30.3 Å². The van der Waals surface area contributed by atoms with Crippen molar-refractivity contribution in [2.45, 2.75) is 32.6 Å². The normalized spacial score (nSPS) is 26.8. The quantitative estimate of drug-likeness (QED) is 0.149. The number of amides is 4. The van der Waals surface area contributed by atoms with Crippen LogP contribution < -0.4 is 9.80 Å². The minimum atomic E-state index is -1.29. The molecule has 9 nitrogen and oxygen atoms in total. The molecule has 9 rings (SSSR count). The Hall–Kier alpha value is -5.61. The van der Waals surface area contributed by atoms with Crippen molar-refractivity contribution in [3.63, 3.8) is 0 Å². The van der Waals surface area contributed by atoms with E-state index >= 15 is 0 Å². The maximum Gasteiger partial charge on any atom is 0.241 e. The van der Waals surface area contributed by atoms with Crippen LogP contribution in [0.1, 0.15) is 36.8 Å². The van der Waals surface area contributed by atoms with Crippen molar-refractivity contribution in [2.24, 2.45) is 29.1 Å². The highest BCUT2D eigenvalue weighted by Crippen LogP contribution is 2.64. The van der Waals surface area contributed by atoms with Gasteiger partial charge < -0.3 is 9.52 Å². The zero-order valence-electron chi connectivity index (χ0n) is 28.0. The molecule has 4 amide bonds. The lowest BCUT2D eigenvalue weighted by Gasteiger charge is -2.49. The molecule has 2 aliphatic carbocycles. The number of phenolic OH excluding ortho intramolecular Hbond substituents is 1. The van der Waals surface area contributed by atoms with Gasteiger partial charge in [0.25, 0.3) is 0 Å². The number of halogens is 2. The number of hydrogen-bond donors (Lipinski definition) is 1. The Labute approximate surface area is 302 Å². The second-order valence-electron chi connectivity index (χ2n) is 14.4. The molecule has 0 radical (unpaired) electrons. The third kappa shape index (κ3) is 4.49. The lowest BCUT2D eigenvalue weighted by molar-refractivity contribution is -0.131. The molecule has 52 heavy (non-hydrogen) atoms. The summed E-state index contributed by atoms with van der Waals surface area (Å²) in [6, 6.07) is 23.2. The molecule has 5 aromatic rings. The van der Waals surface area contributed by atoms with Crippen molar-refractivity contribution in [3.05, 3.63) is 119 Å². The van der Waals surface area contributed by atoms with Gasteiger partial charge in [0.1, 0.15) is 17.1 Å². The summed E-state index contributed by atoms with van der Waals surface area (Å²) in [6.07, 6.45) is 2.42. The first-order valence-electron chi connectivity index (χ1n) is 17.1. The number of aryl methyl sites for hydroxylation is 1. The fraction of sp³-hybridized carbons (Fsp3) is 0.244. The Morgan fingerprint density at radius 3 is 2.37 bits per heavy atom. The van der Waals surface area contributed by atoms with Gasteiger partial charge in [-0.3, -0.25) is 24.1 Å². The highest BCUT2D eigenvalue weighted by molar-refractivity contribution is 6.32. The second kappa shape index (κ2) is 11.4. The van der Waals surface area contributed by atoms with Gasteiger partial charge in [0.2, 0.25) is 29.5 Å². The standard InChI is InChI=1S/C41H31ClFN3O6/c1-20-17-22(9-16-32(20)47)35-25-13-14-26-34(27(25)19-28-38(49)46(40(51)41(28,35)2)24-12-15-30(43)29(42)18-24)39(50)45(37(26)48)23-10-7-21(8-11-23)36-44-31-5-3-4-6-33(31)52-36/h3-13,15-18,26-28,34-35,47H,14,19H2,1-2H3/t26-,27+,28-,34-,35-,41+/m0/s1. The maximum absolute atomic E-state index is 14.6. The first-order valence-corrected chi connectivity index (χ1v) is 17.5. The topological polar surface area (TPSA) is 121 Å². The van der Waals surface area contributed by atoms with Gasteiger partial charge in [-0.15, -0.1) is 0 Å². The van der Waals surface area contributed by atoms with E-state index in [0.717, 1.165) is 22.1 Å². The Balaban J connectivity index is 1.10. The number of para-hydroxylation sites is 2. The predicted molar refractivity (Wildman–Crippen MR) is 191 cm³/mol. The summed E-state index contributed by atoms with van der Waals surface area (Å²) in [5, 5.41) is 10.2. The summed E-state index contributed by atoms with van der Waals surface area (Å²) in [7, 11) is 0. The molecule has 260 valence electrons.